The normalized spacial score (nSPS) is 24.1. The second-order valence-electron chi connectivity index (χ2n) is 7.96. The van der Waals surface area contributed by atoms with Gasteiger partial charge < -0.3 is 10.2 Å². The Kier molecular flexibility index (Phi) is 7.26. The van der Waals surface area contributed by atoms with E-state index in [2.05, 4.69) is 53.1 Å². The maximum Gasteiger partial charge on any atom is 0.136 e. The van der Waals surface area contributed by atoms with Gasteiger partial charge in [0.15, 0.2) is 0 Å². The minimum atomic E-state index is 0.396. The number of Topliss-reactive ketones (excluding diaryl/α,β-unsaturated/α-hetero) is 1. The van der Waals surface area contributed by atoms with E-state index < -0.39 is 0 Å². The summed E-state index contributed by atoms with van der Waals surface area (Å²) < 4.78 is 3.63. The van der Waals surface area contributed by atoms with Gasteiger partial charge in [-0.15, -0.1) is 0 Å². The monoisotopic (exact) mass is 375 g/mol. The van der Waals surface area contributed by atoms with Crippen LogP contribution in [0.3, 0.4) is 0 Å². The Bertz CT molecular complexity index is 557. The number of anilines is 2. The van der Waals surface area contributed by atoms with E-state index in [4.69, 9.17) is 0 Å². The van der Waals surface area contributed by atoms with Crippen LogP contribution in [0.2, 0.25) is 0 Å². The molecule has 0 amide bonds. The molecule has 144 valence electrons. The predicted octanol–water partition coefficient (Wildman–Crippen LogP) is 4.47. The molecule has 2 N–H and O–H groups in total. The summed E-state index contributed by atoms with van der Waals surface area (Å²) in [6, 6.07) is 9.41. The van der Waals surface area contributed by atoms with Crippen molar-refractivity contribution < 1.29 is 4.79 Å². The summed E-state index contributed by atoms with van der Waals surface area (Å²) in [5, 5.41) is 4.27. The molecule has 26 heavy (non-hydrogen) atoms. The van der Waals surface area contributed by atoms with Gasteiger partial charge >= 0.3 is 0 Å². The molecule has 1 saturated heterocycles. The number of rotatable bonds is 7. The van der Waals surface area contributed by atoms with Crippen molar-refractivity contribution in [1.29, 1.82) is 0 Å². The number of piperidine rings is 1. The third-order valence-electron chi connectivity index (χ3n) is 5.47. The second-order valence-corrected chi connectivity index (χ2v) is 9.37. The first kappa shape index (κ1) is 19.6. The number of hydrogen-bond donors (Lipinski definition) is 2. The largest absolute Gasteiger partial charge is 0.385 e. The van der Waals surface area contributed by atoms with Crippen LogP contribution in [0.5, 0.6) is 0 Å². The summed E-state index contributed by atoms with van der Waals surface area (Å²) in [7, 11) is 0. The van der Waals surface area contributed by atoms with E-state index in [0.29, 0.717) is 29.9 Å². The van der Waals surface area contributed by atoms with Gasteiger partial charge in [-0.05, 0) is 55.9 Å². The molecular weight excluding hydrogens is 342 g/mol. The lowest BCUT2D eigenvalue weighted by Gasteiger charge is -2.30. The first-order valence-corrected chi connectivity index (χ1v) is 11.0. The van der Waals surface area contributed by atoms with Gasteiger partial charge in [0.25, 0.3) is 0 Å². The zero-order valence-electron chi connectivity index (χ0n) is 16.2. The van der Waals surface area contributed by atoms with E-state index in [9.17, 15) is 4.79 Å². The molecule has 2 fully saturated rings. The van der Waals surface area contributed by atoms with Crippen LogP contribution in [0.4, 0.5) is 11.4 Å². The van der Waals surface area contributed by atoms with E-state index in [0.717, 1.165) is 25.6 Å². The van der Waals surface area contributed by atoms with Crippen LogP contribution in [-0.4, -0.2) is 36.7 Å². The fraction of sp³-hybridized carbons (Fsp3) is 0.667. The SMILES string of the molecule is CC(C)SNC1CCC(CNc2ccc(N3CCC(=O)CC3)cc2)CC1. The molecule has 1 aromatic carbocycles. The van der Waals surface area contributed by atoms with Gasteiger partial charge in [-0.1, -0.05) is 25.8 Å². The minimum Gasteiger partial charge on any atom is -0.385 e. The van der Waals surface area contributed by atoms with Crippen molar-refractivity contribution in [1.82, 2.24) is 4.72 Å². The highest BCUT2D eigenvalue weighted by molar-refractivity contribution is 7.98. The molecule has 1 aromatic rings. The fourth-order valence-corrected chi connectivity index (χ4v) is 4.48. The maximum atomic E-state index is 11.4. The standard InChI is InChI=1S/C21H33N3OS/c1-16(2)26-23-19-5-3-17(4-6-19)15-22-18-7-9-20(10-8-18)24-13-11-21(25)12-14-24/h7-10,16-17,19,22-23H,3-6,11-15H2,1-2H3. The van der Waals surface area contributed by atoms with Crippen molar-refractivity contribution in [3.05, 3.63) is 24.3 Å². The lowest BCUT2D eigenvalue weighted by molar-refractivity contribution is -0.119. The second kappa shape index (κ2) is 9.65. The highest BCUT2D eigenvalue weighted by atomic mass is 32.2. The minimum absolute atomic E-state index is 0.396. The molecule has 0 radical (unpaired) electrons. The fourth-order valence-electron chi connectivity index (χ4n) is 3.78. The lowest BCUT2D eigenvalue weighted by atomic mass is 9.86. The average Bonchev–Trinajstić information content (AvgIpc) is 2.66. The van der Waals surface area contributed by atoms with Gasteiger partial charge in [0, 0.05) is 55.1 Å². The van der Waals surface area contributed by atoms with Crippen molar-refractivity contribution in [3.8, 4) is 0 Å². The zero-order valence-corrected chi connectivity index (χ0v) is 17.0. The predicted molar refractivity (Wildman–Crippen MR) is 113 cm³/mol. The summed E-state index contributed by atoms with van der Waals surface area (Å²) in [5.41, 5.74) is 2.44. The summed E-state index contributed by atoms with van der Waals surface area (Å²) in [4.78, 5) is 13.7. The van der Waals surface area contributed by atoms with E-state index in [1.807, 2.05) is 11.9 Å². The van der Waals surface area contributed by atoms with Crippen molar-refractivity contribution in [3.63, 3.8) is 0 Å². The van der Waals surface area contributed by atoms with Gasteiger partial charge in [-0.3, -0.25) is 9.52 Å². The summed E-state index contributed by atoms with van der Waals surface area (Å²) in [5.74, 6) is 1.18. The first-order valence-electron chi connectivity index (χ1n) is 10.1. The Morgan fingerprint density at radius 2 is 1.73 bits per heavy atom. The van der Waals surface area contributed by atoms with E-state index in [-0.39, 0.29) is 0 Å². The Hall–Kier alpha value is -1.20. The average molecular weight is 376 g/mol. The van der Waals surface area contributed by atoms with Gasteiger partial charge in [0.1, 0.15) is 5.78 Å². The van der Waals surface area contributed by atoms with Crippen LogP contribution < -0.4 is 14.9 Å². The molecule has 4 nitrogen and oxygen atoms in total. The van der Waals surface area contributed by atoms with Crippen LogP contribution in [0, 0.1) is 5.92 Å². The Morgan fingerprint density at radius 3 is 2.35 bits per heavy atom. The maximum absolute atomic E-state index is 11.4. The van der Waals surface area contributed by atoms with Crippen LogP contribution in [0.1, 0.15) is 52.4 Å². The summed E-state index contributed by atoms with van der Waals surface area (Å²) >= 11 is 1.87. The number of benzene rings is 1. The van der Waals surface area contributed by atoms with Crippen LogP contribution in [-0.2, 0) is 4.79 Å². The topological polar surface area (TPSA) is 44.4 Å². The third kappa shape index (κ3) is 5.92. The summed E-state index contributed by atoms with van der Waals surface area (Å²) in [6.07, 6.45) is 6.57. The van der Waals surface area contributed by atoms with Gasteiger partial charge in [0.05, 0.1) is 0 Å². The van der Waals surface area contributed by atoms with Crippen molar-refractivity contribution >= 4 is 29.1 Å². The molecule has 0 unspecified atom stereocenters. The molecule has 3 rings (SSSR count). The van der Waals surface area contributed by atoms with Crippen LogP contribution >= 0.6 is 11.9 Å². The number of ketones is 1. The number of nitrogens with one attached hydrogen (secondary N) is 2. The Morgan fingerprint density at radius 1 is 1.08 bits per heavy atom. The van der Waals surface area contributed by atoms with E-state index in [1.165, 1.54) is 37.1 Å². The molecule has 0 aromatic heterocycles. The molecule has 5 heteroatoms. The summed E-state index contributed by atoms with van der Waals surface area (Å²) in [6.45, 7) is 7.27. The van der Waals surface area contributed by atoms with Crippen molar-refractivity contribution in [2.24, 2.45) is 5.92 Å². The highest BCUT2D eigenvalue weighted by Crippen LogP contribution is 2.27. The molecule has 1 saturated carbocycles. The van der Waals surface area contributed by atoms with Crippen LogP contribution in [0.15, 0.2) is 24.3 Å². The Labute approximate surface area is 162 Å². The van der Waals surface area contributed by atoms with Gasteiger partial charge in [-0.25, -0.2) is 0 Å². The molecule has 1 heterocycles. The molecule has 1 aliphatic carbocycles. The number of nitrogens with zero attached hydrogens (tertiary/aromatic N) is 1. The number of carbonyl (C=O) groups is 1. The third-order valence-corrected chi connectivity index (χ3v) is 6.41. The molecule has 0 bridgehead atoms. The lowest BCUT2D eigenvalue weighted by Crippen LogP contribution is -2.33. The molecule has 0 atom stereocenters. The number of carbonyl (C=O) groups excluding carboxylic acids is 1. The Balaban J connectivity index is 1.38. The highest BCUT2D eigenvalue weighted by Gasteiger charge is 2.21. The van der Waals surface area contributed by atoms with Gasteiger partial charge in [0.2, 0.25) is 0 Å². The first-order chi connectivity index (χ1) is 12.6. The van der Waals surface area contributed by atoms with Gasteiger partial charge in [-0.2, -0.15) is 0 Å². The van der Waals surface area contributed by atoms with E-state index in [1.54, 1.807) is 0 Å². The smallest absolute Gasteiger partial charge is 0.136 e. The zero-order chi connectivity index (χ0) is 18.4. The van der Waals surface area contributed by atoms with Crippen molar-refractivity contribution in [2.45, 2.75) is 63.7 Å². The number of hydrogen-bond acceptors (Lipinski definition) is 5. The molecule has 0 spiro atoms. The van der Waals surface area contributed by atoms with Crippen molar-refractivity contribution in [2.75, 3.05) is 29.9 Å². The molecule has 1 aliphatic heterocycles. The molecular formula is C21H33N3OS. The van der Waals surface area contributed by atoms with Crippen LogP contribution in [0.25, 0.3) is 0 Å². The molecule has 2 aliphatic rings. The quantitative estimate of drug-likeness (QED) is 0.688. The van der Waals surface area contributed by atoms with E-state index >= 15 is 0 Å².